The van der Waals surface area contributed by atoms with Crippen molar-refractivity contribution in [2.24, 2.45) is 0 Å². The van der Waals surface area contributed by atoms with Crippen LogP contribution in [0.4, 0.5) is 5.69 Å². The Morgan fingerprint density at radius 2 is 1.80 bits per heavy atom. The lowest BCUT2D eigenvalue weighted by atomic mass is 9.97. The van der Waals surface area contributed by atoms with Gasteiger partial charge in [-0.3, -0.25) is 0 Å². The van der Waals surface area contributed by atoms with Gasteiger partial charge in [-0.25, -0.2) is 0 Å². The number of hydrogen-bond donors (Lipinski definition) is 1. The highest BCUT2D eigenvalue weighted by Gasteiger charge is 2.21. The van der Waals surface area contributed by atoms with Crippen molar-refractivity contribution in [3.8, 4) is 5.75 Å². The van der Waals surface area contributed by atoms with Gasteiger partial charge in [0.1, 0.15) is 11.9 Å². The largest absolute Gasteiger partial charge is 0.488 e. The summed E-state index contributed by atoms with van der Waals surface area (Å²) < 4.78 is 6.18. The van der Waals surface area contributed by atoms with Crippen LogP contribution in [0.1, 0.15) is 50.0 Å². The lowest BCUT2D eigenvalue weighted by Crippen LogP contribution is -2.35. The van der Waals surface area contributed by atoms with Gasteiger partial charge in [0.05, 0.1) is 5.69 Å². The van der Waals surface area contributed by atoms with Crippen LogP contribution in [0.15, 0.2) is 18.2 Å². The minimum Gasteiger partial charge on any atom is -0.488 e. The summed E-state index contributed by atoms with van der Waals surface area (Å²) in [5.74, 6) is 1.62. The number of rotatable bonds is 3. The normalized spacial score (nSPS) is 22.2. The third-order valence-corrected chi connectivity index (χ3v) is 4.82. The number of benzene rings is 1. The molecular formula is C17H26N2O. The van der Waals surface area contributed by atoms with Gasteiger partial charge in [-0.15, -0.1) is 0 Å². The van der Waals surface area contributed by atoms with Gasteiger partial charge in [0.25, 0.3) is 0 Å². The molecule has 1 aliphatic carbocycles. The zero-order chi connectivity index (χ0) is 13.9. The Balaban J connectivity index is 1.69. The molecular weight excluding hydrogens is 248 g/mol. The lowest BCUT2D eigenvalue weighted by molar-refractivity contribution is 0.115. The fourth-order valence-corrected chi connectivity index (χ4v) is 3.45. The summed E-state index contributed by atoms with van der Waals surface area (Å²) in [5.41, 5.74) is 8.30. The molecule has 0 bridgehead atoms. The summed E-state index contributed by atoms with van der Waals surface area (Å²) in [6, 6.07) is 6.41. The molecule has 1 saturated heterocycles. The summed E-state index contributed by atoms with van der Waals surface area (Å²) >= 11 is 0. The number of anilines is 1. The van der Waals surface area contributed by atoms with Gasteiger partial charge in [0.2, 0.25) is 0 Å². The van der Waals surface area contributed by atoms with Crippen molar-refractivity contribution in [3.63, 3.8) is 0 Å². The Labute approximate surface area is 122 Å². The van der Waals surface area contributed by atoms with Gasteiger partial charge < -0.3 is 15.4 Å². The lowest BCUT2D eigenvalue weighted by Gasteiger charge is -2.30. The van der Waals surface area contributed by atoms with E-state index < -0.39 is 0 Å². The van der Waals surface area contributed by atoms with Gasteiger partial charge in [-0.1, -0.05) is 18.9 Å². The number of likely N-dealkylation sites (tertiary alicyclic amines) is 1. The summed E-state index contributed by atoms with van der Waals surface area (Å²) in [5, 5.41) is 0. The van der Waals surface area contributed by atoms with E-state index in [9.17, 15) is 0 Å². The molecule has 20 heavy (non-hydrogen) atoms. The minimum absolute atomic E-state index is 0.326. The van der Waals surface area contributed by atoms with Crippen LogP contribution in [0.25, 0.3) is 0 Å². The maximum atomic E-state index is 6.18. The van der Waals surface area contributed by atoms with Crippen LogP contribution in [-0.2, 0) is 0 Å². The Hall–Kier alpha value is -1.22. The molecule has 3 heteroatoms. The summed E-state index contributed by atoms with van der Waals surface area (Å²) in [7, 11) is 2.17. The molecule has 2 fully saturated rings. The van der Waals surface area contributed by atoms with Crippen molar-refractivity contribution in [2.75, 3.05) is 25.9 Å². The molecule has 2 aliphatic rings. The van der Waals surface area contributed by atoms with Crippen LogP contribution in [-0.4, -0.2) is 31.1 Å². The minimum atomic E-state index is 0.326. The SMILES string of the molecule is CN1CCC(Oc2cc(C3CCCC3)ccc2N)CC1. The van der Waals surface area contributed by atoms with E-state index in [-0.39, 0.29) is 0 Å². The van der Waals surface area contributed by atoms with Gasteiger partial charge >= 0.3 is 0 Å². The highest BCUT2D eigenvalue weighted by atomic mass is 16.5. The molecule has 1 heterocycles. The summed E-state index contributed by atoms with van der Waals surface area (Å²) in [4.78, 5) is 2.36. The molecule has 0 radical (unpaired) electrons. The first-order valence-electron chi connectivity index (χ1n) is 7.97. The van der Waals surface area contributed by atoms with Crippen molar-refractivity contribution in [1.29, 1.82) is 0 Å². The molecule has 0 unspecified atom stereocenters. The highest BCUT2D eigenvalue weighted by molar-refractivity contribution is 5.54. The second-order valence-corrected chi connectivity index (χ2v) is 6.40. The molecule has 2 N–H and O–H groups in total. The molecule has 1 aromatic carbocycles. The number of hydrogen-bond acceptors (Lipinski definition) is 3. The average Bonchev–Trinajstić information content (AvgIpc) is 2.98. The zero-order valence-corrected chi connectivity index (χ0v) is 12.5. The van der Waals surface area contributed by atoms with Gasteiger partial charge in [0, 0.05) is 13.1 Å². The first-order valence-corrected chi connectivity index (χ1v) is 7.97. The third-order valence-electron chi connectivity index (χ3n) is 4.82. The number of nitrogen functional groups attached to an aromatic ring is 1. The first kappa shape index (κ1) is 13.7. The van der Waals surface area contributed by atoms with E-state index in [1.807, 2.05) is 6.07 Å². The van der Waals surface area contributed by atoms with Crippen molar-refractivity contribution in [3.05, 3.63) is 23.8 Å². The van der Waals surface area contributed by atoms with Gasteiger partial charge in [-0.05, 0) is 56.3 Å². The average molecular weight is 274 g/mol. The molecule has 3 nitrogen and oxygen atoms in total. The van der Waals surface area contributed by atoms with Gasteiger partial charge in [-0.2, -0.15) is 0 Å². The van der Waals surface area contributed by atoms with Crippen LogP contribution in [0.3, 0.4) is 0 Å². The monoisotopic (exact) mass is 274 g/mol. The van der Waals surface area contributed by atoms with Crippen LogP contribution in [0.2, 0.25) is 0 Å². The quantitative estimate of drug-likeness (QED) is 0.859. The second-order valence-electron chi connectivity index (χ2n) is 6.40. The molecule has 0 spiro atoms. The van der Waals surface area contributed by atoms with E-state index in [0.29, 0.717) is 6.10 Å². The number of piperidine rings is 1. The predicted molar refractivity (Wildman–Crippen MR) is 83.2 cm³/mol. The Morgan fingerprint density at radius 3 is 2.50 bits per heavy atom. The van der Waals surface area contributed by atoms with E-state index in [2.05, 4.69) is 24.1 Å². The van der Waals surface area contributed by atoms with E-state index in [1.54, 1.807) is 0 Å². The summed E-state index contributed by atoms with van der Waals surface area (Å²) in [6.45, 7) is 2.24. The second kappa shape index (κ2) is 6.04. The van der Waals surface area contributed by atoms with E-state index in [1.165, 1.54) is 31.2 Å². The molecule has 0 aromatic heterocycles. The van der Waals surface area contributed by atoms with Crippen molar-refractivity contribution < 1.29 is 4.74 Å². The van der Waals surface area contributed by atoms with Crippen LogP contribution >= 0.6 is 0 Å². The number of nitrogens with two attached hydrogens (primary N) is 1. The van der Waals surface area contributed by atoms with Gasteiger partial charge in [0.15, 0.2) is 0 Å². The molecule has 3 rings (SSSR count). The van der Waals surface area contributed by atoms with E-state index >= 15 is 0 Å². The summed E-state index contributed by atoms with van der Waals surface area (Å²) in [6.07, 6.45) is 7.88. The topological polar surface area (TPSA) is 38.5 Å². The standard InChI is InChI=1S/C17H26N2O/c1-19-10-8-15(9-11-19)20-17-12-14(6-7-16(17)18)13-4-2-3-5-13/h6-7,12-13,15H,2-5,8-11,18H2,1H3. The fraction of sp³-hybridized carbons (Fsp3) is 0.647. The van der Waals surface area contributed by atoms with Crippen molar-refractivity contribution in [1.82, 2.24) is 4.90 Å². The van der Waals surface area contributed by atoms with E-state index in [4.69, 9.17) is 10.5 Å². The third kappa shape index (κ3) is 3.09. The molecule has 0 atom stereocenters. The zero-order valence-electron chi connectivity index (χ0n) is 12.5. The number of nitrogens with zero attached hydrogens (tertiary/aromatic N) is 1. The van der Waals surface area contributed by atoms with Crippen LogP contribution in [0.5, 0.6) is 5.75 Å². The Morgan fingerprint density at radius 1 is 1.10 bits per heavy atom. The maximum Gasteiger partial charge on any atom is 0.142 e. The van der Waals surface area contributed by atoms with Crippen molar-refractivity contribution in [2.45, 2.75) is 50.5 Å². The number of ether oxygens (including phenoxy) is 1. The van der Waals surface area contributed by atoms with E-state index in [0.717, 1.165) is 43.3 Å². The predicted octanol–water partition coefficient (Wildman–Crippen LogP) is 3.40. The Bertz CT molecular complexity index is 446. The Kier molecular flexibility index (Phi) is 4.16. The molecule has 0 amide bonds. The molecule has 1 aliphatic heterocycles. The molecule has 1 saturated carbocycles. The highest BCUT2D eigenvalue weighted by Crippen LogP contribution is 2.37. The van der Waals surface area contributed by atoms with Crippen molar-refractivity contribution >= 4 is 5.69 Å². The fourth-order valence-electron chi connectivity index (χ4n) is 3.45. The molecule has 1 aromatic rings. The maximum absolute atomic E-state index is 6.18. The van der Waals surface area contributed by atoms with Crippen LogP contribution < -0.4 is 10.5 Å². The smallest absolute Gasteiger partial charge is 0.142 e. The molecule has 110 valence electrons. The first-order chi connectivity index (χ1) is 9.72. The van der Waals surface area contributed by atoms with Crippen LogP contribution in [0, 0.1) is 0 Å².